The van der Waals surface area contributed by atoms with Crippen molar-refractivity contribution in [3.63, 3.8) is 0 Å². The minimum Gasteiger partial charge on any atom is -0.496 e. The Kier molecular flexibility index (Phi) is 5.18. The van der Waals surface area contributed by atoms with Crippen molar-refractivity contribution >= 4 is 17.2 Å². The molecule has 0 saturated carbocycles. The van der Waals surface area contributed by atoms with Gasteiger partial charge in [0, 0.05) is 11.3 Å². The normalized spacial score (nSPS) is 10.9. The average Bonchev–Trinajstić information content (AvgIpc) is 3.11. The first kappa shape index (κ1) is 19.6. The van der Waals surface area contributed by atoms with Crippen LogP contribution in [0.2, 0.25) is 0 Å². The number of nitrogens with zero attached hydrogens (tertiary/aromatic N) is 4. The van der Waals surface area contributed by atoms with Gasteiger partial charge in [0.25, 0.3) is 5.91 Å². The predicted octanol–water partition coefficient (Wildman–Crippen LogP) is 4.23. The molecule has 2 aromatic carbocycles. The summed E-state index contributed by atoms with van der Waals surface area (Å²) in [6, 6.07) is 15.5. The molecule has 7 heteroatoms. The zero-order chi connectivity index (χ0) is 21.3. The highest BCUT2D eigenvalue weighted by molar-refractivity contribution is 6.03. The third-order valence-corrected chi connectivity index (χ3v) is 5.15. The number of carbonyl (C=O) groups is 1. The van der Waals surface area contributed by atoms with Crippen molar-refractivity contribution < 1.29 is 9.53 Å². The molecule has 0 aliphatic rings. The van der Waals surface area contributed by atoms with E-state index in [1.165, 1.54) is 5.56 Å². The van der Waals surface area contributed by atoms with Gasteiger partial charge in [-0.1, -0.05) is 37.3 Å². The molecule has 0 radical (unpaired) electrons. The molecule has 0 atom stereocenters. The molecule has 0 spiro atoms. The monoisotopic (exact) mass is 401 g/mol. The fourth-order valence-corrected chi connectivity index (χ4v) is 3.50. The lowest BCUT2D eigenvalue weighted by Crippen LogP contribution is -2.18. The number of amides is 1. The van der Waals surface area contributed by atoms with E-state index in [0.29, 0.717) is 17.0 Å². The van der Waals surface area contributed by atoms with Crippen LogP contribution in [-0.4, -0.2) is 32.8 Å². The van der Waals surface area contributed by atoms with Crippen LogP contribution in [0.1, 0.15) is 34.4 Å². The van der Waals surface area contributed by atoms with Gasteiger partial charge in [0.1, 0.15) is 5.75 Å². The lowest BCUT2D eigenvalue weighted by molar-refractivity contribution is 0.102. The fraction of sp³-hybridized carbons (Fsp3) is 0.217. The number of benzene rings is 2. The van der Waals surface area contributed by atoms with Crippen LogP contribution in [0.4, 0.5) is 5.69 Å². The number of rotatable bonds is 5. The van der Waals surface area contributed by atoms with Crippen LogP contribution in [0.3, 0.4) is 0 Å². The van der Waals surface area contributed by atoms with Crippen LogP contribution in [-0.2, 0) is 6.42 Å². The molecule has 0 fully saturated rings. The van der Waals surface area contributed by atoms with Gasteiger partial charge in [-0.2, -0.15) is 5.10 Å². The Balaban J connectivity index is 1.73. The summed E-state index contributed by atoms with van der Waals surface area (Å²) in [6.07, 6.45) is 0.947. The predicted molar refractivity (Wildman–Crippen MR) is 116 cm³/mol. The Labute approximate surface area is 174 Å². The summed E-state index contributed by atoms with van der Waals surface area (Å²) in [5, 5.41) is 16.1. The van der Waals surface area contributed by atoms with Gasteiger partial charge < -0.3 is 10.1 Å². The van der Waals surface area contributed by atoms with Gasteiger partial charge in [-0.15, -0.1) is 10.2 Å². The molecular weight excluding hydrogens is 378 g/mol. The summed E-state index contributed by atoms with van der Waals surface area (Å²) in [5.41, 5.74) is 5.86. The SMILES string of the molecule is CCc1ccc(NC(=O)c2nnc3c(-c4ccccc4OC)c(C)nn3c2C)cc1. The topological polar surface area (TPSA) is 81.4 Å². The molecule has 0 bridgehead atoms. The Morgan fingerprint density at radius 3 is 2.50 bits per heavy atom. The molecular formula is C23H23N5O2. The number of carbonyl (C=O) groups excluding carboxylic acids is 1. The second-order valence-electron chi connectivity index (χ2n) is 7.03. The van der Waals surface area contributed by atoms with Gasteiger partial charge in [0.05, 0.1) is 24.1 Å². The molecule has 0 aliphatic heterocycles. The van der Waals surface area contributed by atoms with Gasteiger partial charge in [-0.3, -0.25) is 4.79 Å². The second-order valence-corrected chi connectivity index (χ2v) is 7.03. The molecule has 7 nitrogen and oxygen atoms in total. The van der Waals surface area contributed by atoms with Crippen LogP contribution >= 0.6 is 0 Å². The summed E-state index contributed by atoms with van der Waals surface area (Å²) in [4.78, 5) is 12.8. The summed E-state index contributed by atoms with van der Waals surface area (Å²) >= 11 is 0. The first-order valence-electron chi connectivity index (χ1n) is 9.79. The minimum atomic E-state index is -0.321. The van der Waals surface area contributed by atoms with E-state index >= 15 is 0 Å². The molecule has 152 valence electrons. The highest BCUT2D eigenvalue weighted by atomic mass is 16.5. The van der Waals surface area contributed by atoms with E-state index in [4.69, 9.17) is 4.74 Å². The largest absolute Gasteiger partial charge is 0.496 e. The molecule has 2 heterocycles. The number of aromatic nitrogens is 4. The van der Waals surface area contributed by atoms with Gasteiger partial charge >= 0.3 is 0 Å². The molecule has 2 aromatic heterocycles. The van der Waals surface area contributed by atoms with Crippen LogP contribution in [0.25, 0.3) is 16.8 Å². The maximum Gasteiger partial charge on any atom is 0.278 e. The Hall–Kier alpha value is -3.74. The molecule has 1 amide bonds. The fourth-order valence-electron chi connectivity index (χ4n) is 3.50. The highest BCUT2D eigenvalue weighted by Gasteiger charge is 2.21. The van der Waals surface area contributed by atoms with Crippen molar-refractivity contribution in [2.24, 2.45) is 0 Å². The number of fused-ring (bicyclic) bond motifs is 1. The van der Waals surface area contributed by atoms with Crippen molar-refractivity contribution in [1.82, 2.24) is 19.8 Å². The quantitative estimate of drug-likeness (QED) is 0.541. The van der Waals surface area contributed by atoms with E-state index in [1.807, 2.05) is 62.4 Å². The summed E-state index contributed by atoms with van der Waals surface area (Å²) in [5.74, 6) is 0.408. The molecule has 4 aromatic rings. The zero-order valence-corrected chi connectivity index (χ0v) is 17.4. The van der Waals surface area contributed by atoms with Crippen molar-refractivity contribution in [2.75, 3.05) is 12.4 Å². The number of anilines is 1. The van der Waals surface area contributed by atoms with E-state index in [0.717, 1.165) is 29.0 Å². The van der Waals surface area contributed by atoms with E-state index in [9.17, 15) is 4.79 Å². The number of hydrogen-bond acceptors (Lipinski definition) is 5. The Bertz CT molecular complexity index is 1230. The van der Waals surface area contributed by atoms with E-state index in [2.05, 4.69) is 27.5 Å². The van der Waals surface area contributed by atoms with Crippen LogP contribution < -0.4 is 10.1 Å². The van der Waals surface area contributed by atoms with Gasteiger partial charge in [0.2, 0.25) is 0 Å². The maximum atomic E-state index is 12.8. The maximum absolute atomic E-state index is 12.8. The minimum absolute atomic E-state index is 0.233. The van der Waals surface area contributed by atoms with Crippen molar-refractivity contribution in [1.29, 1.82) is 0 Å². The van der Waals surface area contributed by atoms with Crippen molar-refractivity contribution in [2.45, 2.75) is 27.2 Å². The lowest BCUT2D eigenvalue weighted by Gasteiger charge is -2.09. The average molecular weight is 401 g/mol. The van der Waals surface area contributed by atoms with Crippen molar-refractivity contribution in [3.8, 4) is 16.9 Å². The van der Waals surface area contributed by atoms with E-state index < -0.39 is 0 Å². The Morgan fingerprint density at radius 2 is 1.80 bits per heavy atom. The zero-order valence-electron chi connectivity index (χ0n) is 17.4. The van der Waals surface area contributed by atoms with Crippen LogP contribution in [0.15, 0.2) is 48.5 Å². The number of aryl methyl sites for hydroxylation is 3. The van der Waals surface area contributed by atoms with Crippen molar-refractivity contribution in [3.05, 3.63) is 71.2 Å². The van der Waals surface area contributed by atoms with Crippen LogP contribution in [0, 0.1) is 13.8 Å². The molecule has 0 unspecified atom stereocenters. The standard InChI is InChI=1S/C23H23N5O2/c1-5-16-10-12-17(13-11-16)24-23(29)21-15(3)28-22(26-25-21)20(14(2)27-28)18-8-6-7-9-19(18)30-4/h6-13H,5H2,1-4H3,(H,24,29). The molecule has 4 rings (SSSR count). The molecule has 0 saturated heterocycles. The number of methoxy groups -OCH3 is 1. The van der Waals surface area contributed by atoms with Gasteiger partial charge in [-0.05, 0) is 44.0 Å². The van der Waals surface area contributed by atoms with Gasteiger partial charge in [0.15, 0.2) is 11.3 Å². The molecule has 1 N–H and O–H groups in total. The Morgan fingerprint density at radius 1 is 1.07 bits per heavy atom. The number of nitrogens with one attached hydrogen (secondary N) is 1. The third kappa shape index (κ3) is 3.39. The summed E-state index contributed by atoms with van der Waals surface area (Å²) < 4.78 is 7.16. The number of para-hydroxylation sites is 1. The van der Waals surface area contributed by atoms with E-state index in [1.54, 1.807) is 11.6 Å². The summed E-state index contributed by atoms with van der Waals surface area (Å²) in [6.45, 7) is 5.81. The number of ether oxygens (including phenoxy) is 1. The first-order chi connectivity index (χ1) is 14.5. The number of hydrogen-bond donors (Lipinski definition) is 1. The smallest absolute Gasteiger partial charge is 0.278 e. The van der Waals surface area contributed by atoms with Crippen LogP contribution in [0.5, 0.6) is 5.75 Å². The van der Waals surface area contributed by atoms with Gasteiger partial charge in [-0.25, -0.2) is 4.52 Å². The second kappa shape index (κ2) is 7.94. The molecule has 30 heavy (non-hydrogen) atoms. The van der Waals surface area contributed by atoms with E-state index in [-0.39, 0.29) is 11.6 Å². The molecule has 0 aliphatic carbocycles. The highest BCUT2D eigenvalue weighted by Crippen LogP contribution is 2.34. The first-order valence-corrected chi connectivity index (χ1v) is 9.79. The summed E-state index contributed by atoms with van der Waals surface area (Å²) in [7, 11) is 1.63. The third-order valence-electron chi connectivity index (χ3n) is 5.15. The lowest BCUT2D eigenvalue weighted by atomic mass is 10.1.